The highest BCUT2D eigenvalue weighted by Crippen LogP contribution is 2.29. The molecule has 2 aromatic rings. The van der Waals surface area contributed by atoms with Crippen molar-refractivity contribution in [3.63, 3.8) is 0 Å². The first-order valence-corrected chi connectivity index (χ1v) is 18.0. The summed E-state index contributed by atoms with van der Waals surface area (Å²) in [5.74, 6) is -3.58. The second-order valence-electron chi connectivity index (χ2n) is 12.1. The summed E-state index contributed by atoms with van der Waals surface area (Å²) in [6, 6.07) is 3.88. The molecule has 2 fully saturated rings. The van der Waals surface area contributed by atoms with Gasteiger partial charge in [-0.1, -0.05) is 45.6 Å². The fraction of sp³-hybridized carbons (Fsp3) is 0.594. The second-order valence-corrected chi connectivity index (χ2v) is 14.4. The standard InChI is InChI=1S/C32H45FN6O6S/c1-4-27(40)36-28(32(43)38-16-18-46(44,45)19-17-38)21(3)23-12-13-25(24(33)20-23)35-31(42)29(22-10-8-6-7-9-11-22)37-30(41)26-14-15-34-39(26)5-2/h12-15,20-22,28-29H,4-11,16-19H2,1-3H3,(H,35,42)(H,36,40)(H,37,41)/t21-,28+,29-/m0/s1. The summed E-state index contributed by atoms with van der Waals surface area (Å²) in [6.07, 6.45) is 7.13. The third kappa shape index (κ3) is 8.71. The molecule has 0 unspecified atom stereocenters. The van der Waals surface area contributed by atoms with E-state index in [0.717, 1.165) is 38.5 Å². The van der Waals surface area contributed by atoms with Gasteiger partial charge in [-0.3, -0.25) is 23.9 Å². The summed E-state index contributed by atoms with van der Waals surface area (Å²) in [4.78, 5) is 54.1. The van der Waals surface area contributed by atoms with E-state index in [0.29, 0.717) is 17.8 Å². The van der Waals surface area contributed by atoms with E-state index in [1.54, 1.807) is 30.7 Å². The summed E-state index contributed by atoms with van der Waals surface area (Å²) in [5, 5.41) is 12.4. The Kier molecular flexibility index (Phi) is 11.9. The van der Waals surface area contributed by atoms with Crippen LogP contribution in [0.1, 0.15) is 87.7 Å². The lowest BCUT2D eigenvalue weighted by atomic mass is 9.90. The van der Waals surface area contributed by atoms with Gasteiger partial charge < -0.3 is 20.9 Å². The Morgan fingerprint density at radius 3 is 2.28 bits per heavy atom. The SMILES string of the molecule is CCC(=O)N[C@@H](C(=O)N1CCS(=O)(=O)CC1)[C@@H](C)c1ccc(NC(=O)[C@@H](NC(=O)c2ccnn2CC)C2CCCCCC2)c(F)c1. The monoisotopic (exact) mass is 660 g/mol. The number of sulfone groups is 1. The molecule has 0 bridgehead atoms. The van der Waals surface area contributed by atoms with Crippen molar-refractivity contribution < 1.29 is 32.0 Å². The van der Waals surface area contributed by atoms with Crippen LogP contribution < -0.4 is 16.0 Å². The van der Waals surface area contributed by atoms with E-state index in [1.807, 2.05) is 6.92 Å². The number of aromatic nitrogens is 2. The normalized spacial score (nSPS) is 18.9. The highest BCUT2D eigenvalue weighted by molar-refractivity contribution is 7.91. The molecule has 0 radical (unpaired) electrons. The number of anilines is 1. The van der Waals surface area contributed by atoms with Crippen molar-refractivity contribution in [1.29, 1.82) is 0 Å². The highest BCUT2D eigenvalue weighted by Gasteiger charge is 2.35. The first-order valence-electron chi connectivity index (χ1n) is 16.2. The Labute approximate surface area is 269 Å². The summed E-state index contributed by atoms with van der Waals surface area (Å²) in [6.45, 7) is 5.72. The number of benzene rings is 1. The van der Waals surface area contributed by atoms with Gasteiger partial charge in [0.2, 0.25) is 17.7 Å². The zero-order valence-corrected chi connectivity index (χ0v) is 27.6. The van der Waals surface area contributed by atoms with Gasteiger partial charge in [0.25, 0.3) is 5.91 Å². The molecule has 252 valence electrons. The van der Waals surface area contributed by atoms with Crippen LogP contribution in [0.5, 0.6) is 0 Å². The molecule has 46 heavy (non-hydrogen) atoms. The van der Waals surface area contributed by atoms with Crippen LogP contribution in [0.4, 0.5) is 10.1 Å². The predicted molar refractivity (Wildman–Crippen MR) is 171 cm³/mol. The third-order valence-corrected chi connectivity index (χ3v) is 10.6. The van der Waals surface area contributed by atoms with Gasteiger partial charge >= 0.3 is 0 Å². The lowest BCUT2D eigenvalue weighted by molar-refractivity contribution is -0.136. The van der Waals surface area contributed by atoms with E-state index in [2.05, 4.69) is 21.0 Å². The van der Waals surface area contributed by atoms with E-state index in [1.165, 1.54) is 23.2 Å². The maximum Gasteiger partial charge on any atom is 0.270 e. The quantitative estimate of drug-likeness (QED) is 0.313. The van der Waals surface area contributed by atoms with E-state index in [9.17, 15) is 27.6 Å². The van der Waals surface area contributed by atoms with Gasteiger partial charge in [0.15, 0.2) is 9.84 Å². The zero-order chi connectivity index (χ0) is 33.4. The predicted octanol–water partition coefficient (Wildman–Crippen LogP) is 3.00. The van der Waals surface area contributed by atoms with Crippen molar-refractivity contribution in [3.05, 3.63) is 47.5 Å². The van der Waals surface area contributed by atoms with Crippen molar-refractivity contribution in [3.8, 4) is 0 Å². The number of aryl methyl sites for hydroxylation is 1. The molecule has 4 rings (SSSR count). The van der Waals surface area contributed by atoms with Crippen molar-refractivity contribution in [2.75, 3.05) is 29.9 Å². The van der Waals surface area contributed by atoms with Gasteiger partial charge in [0.05, 0.1) is 17.2 Å². The Hall–Kier alpha value is -3.81. The Morgan fingerprint density at radius 2 is 1.67 bits per heavy atom. The van der Waals surface area contributed by atoms with Crippen molar-refractivity contribution in [2.45, 2.75) is 90.3 Å². The average molecular weight is 661 g/mol. The fourth-order valence-electron chi connectivity index (χ4n) is 6.16. The van der Waals surface area contributed by atoms with Gasteiger partial charge in [-0.05, 0) is 49.4 Å². The number of halogens is 1. The Bertz CT molecular complexity index is 1510. The molecule has 1 saturated carbocycles. The molecule has 1 aliphatic carbocycles. The lowest BCUT2D eigenvalue weighted by Crippen LogP contribution is -2.54. The average Bonchev–Trinajstić information content (AvgIpc) is 3.37. The summed E-state index contributed by atoms with van der Waals surface area (Å²) >= 11 is 0. The Morgan fingerprint density at radius 1 is 1.00 bits per heavy atom. The number of nitrogens with one attached hydrogen (secondary N) is 3. The number of nitrogens with zero attached hydrogens (tertiary/aromatic N) is 3. The van der Waals surface area contributed by atoms with Gasteiger partial charge in [0, 0.05) is 38.2 Å². The molecule has 3 N–H and O–H groups in total. The number of carbonyl (C=O) groups excluding carboxylic acids is 4. The highest BCUT2D eigenvalue weighted by atomic mass is 32.2. The van der Waals surface area contributed by atoms with E-state index >= 15 is 4.39 Å². The van der Waals surface area contributed by atoms with Gasteiger partial charge in [-0.2, -0.15) is 5.10 Å². The van der Waals surface area contributed by atoms with E-state index in [-0.39, 0.29) is 48.5 Å². The summed E-state index contributed by atoms with van der Waals surface area (Å²) in [5.41, 5.74) is 0.675. The fourth-order valence-corrected chi connectivity index (χ4v) is 7.36. The minimum absolute atomic E-state index is 0.0190. The molecule has 1 aliphatic heterocycles. The first-order chi connectivity index (χ1) is 21.9. The number of carbonyl (C=O) groups is 4. The van der Waals surface area contributed by atoms with Crippen LogP contribution >= 0.6 is 0 Å². The van der Waals surface area contributed by atoms with Crippen LogP contribution in [0.25, 0.3) is 0 Å². The van der Waals surface area contributed by atoms with Crippen LogP contribution in [0, 0.1) is 11.7 Å². The zero-order valence-electron chi connectivity index (χ0n) is 26.8. The molecule has 12 nitrogen and oxygen atoms in total. The maximum absolute atomic E-state index is 15.6. The molecule has 2 heterocycles. The molecule has 1 aromatic heterocycles. The molecule has 4 amide bonds. The van der Waals surface area contributed by atoms with Crippen LogP contribution in [-0.2, 0) is 30.8 Å². The number of rotatable bonds is 11. The molecular formula is C32H45FN6O6S. The molecule has 0 spiro atoms. The minimum Gasteiger partial charge on any atom is -0.344 e. The van der Waals surface area contributed by atoms with Crippen LogP contribution in [-0.4, -0.2) is 83.4 Å². The summed E-state index contributed by atoms with van der Waals surface area (Å²) in [7, 11) is -3.22. The Balaban J connectivity index is 1.53. The molecular weight excluding hydrogens is 615 g/mol. The number of hydrogen-bond donors (Lipinski definition) is 3. The van der Waals surface area contributed by atoms with Crippen LogP contribution in [0.3, 0.4) is 0 Å². The number of hydrogen-bond acceptors (Lipinski definition) is 7. The van der Waals surface area contributed by atoms with E-state index < -0.39 is 51.4 Å². The molecule has 3 atom stereocenters. The van der Waals surface area contributed by atoms with Crippen LogP contribution in [0.2, 0.25) is 0 Å². The molecule has 1 saturated heterocycles. The van der Waals surface area contributed by atoms with Gasteiger partial charge in [-0.15, -0.1) is 0 Å². The smallest absolute Gasteiger partial charge is 0.270 e. The third-order valence-electron chi connectivity index (χ3n) is 9.03. The summed E-state index contributed by atoms with van der Waals surface area (Å²) < 4.78 is 40.9. The van der Waals surface area contributed by atoms with Crippen LogP contribution in [0.15, 0.2) is 30.5 Å². The number of amides is 4. The second kappa shape index (κ2) is 15.7. The van der Waals surface area contributed by atoms with E-state index in [4.69, 9.17) is 0 Å². The molecule has 14 heteroatoms. The topological polar surface area (TPSA) is 160 Å². The van der Waals surface area contributed by atoms with Gasteiger partial charge in [-0.25, -0.2) is 12.8 Å². The molecule has 1 aromatic carbocycles. The maximum atomic E-state index is 15.6. The minimum atomic E-state index is -3.22. The largest absolute Gasteiger partial charge is 0.344 e. The van der Waals surface area contributed by atoms with Crippen molar-refractivity contribution >= 4 is 39.2 Å². The first kappa shape index (κ1) is 35.1. The lowest BCUT2D eigenvalue weighted by Gasteiger charge is -2.33. The van der Waals surface area contributed by atoms with Gasteiger partial charge in [0.1, 0.15) is 23.6 Å². The van der Waals surface area contributed by atoms with Crippen molar-refractivity contribution in [2.24, 2.45) is 5.92 Å². The molecule has 2 aliphatic rings. The van der Waals surface area contributed by atoms with Crippen molar-refractivity contribution in [1.82, 2.24) is 25.3 Å².